The summed E-state index contributed by atoms with van der Waals surface area (Å²) in [6, 6.07) is 3.64. The van der Waals surface area contributed by atoms with Crippen LogP contribution in [0.2, 0.25) is 0 Å². The minimum Gasteiger partial charge on any atom is -0.352 e. The lowest BCUT2D eigenvalue weighted by Gasteiger charge is -2.10. The van der Waals surface area contributed by atoms with E-state index in [-0.39, 0.29) is 11.8 Å². The fourth-order valence-corrected chi connectivity index (χ4v) is 3.80. The smallest absolute Gasteiger partial charge is 0.253 e. The number of amides is 2. The molecule has 0 atom stereocenters. The van der Waals surface area contributed by atoms with Crippen molar-refractivity contribution in [1.82, 2.24) is 40.2 Å². The molecule has 0 spiro atoms. The van der Waals surface area contributed by atoms with Gasteiger partial charge < -0.3 is 10.6 Å². The Hall–Kier alpha value is -3.82. The molecule has 0 aliphatic carbocycles. The van der Waals surface area contributed by atoms with Gasteiger partial charge in [-0.15, -0.1) is 0 Å². The highest BCUT2D eigenvalue weighted by Crippen LogP contribution is 2.17. The van der Waals surface area contributed by atoms with Gasteiger partial charge in [0, 0.05) is 37.0 Å². The number of pyridine rings is 2. The molecule has 4 aromatic heterocycles. The maximum absolute atomic E-state index is 12.6. The van der Waals surface area contributed by atoms with Crippen molar-refractivity contribution in [2.45, 2.75) is 47.2 Å². The van der Waals surface area contributed by atoms with Crippen molar-refractivity contribution >= 4 is 33.9 Å². The number of fused-ring (bicyclic) bond motifs is 2. The summed E-state index contributed by atoms with van der Waals surface area (Å²) in [5.41, 5.74) is 3.94. The third-order valence-corrected chi connectivity index (χ3v) is 5.62. The van der Waals surface area contributed by atoms with E-state index in [1.54, 1.807) is 21.8 Å². The summed E-state index contributed by atoms with van der Waals surface area (Å²) >= 11 is 0. The summed E-state index contributed by atoms with van der Waals surface area (Å²) in [5, 5.41) is 16.1. The first kappa shape index (κ1) is 22.4. The van der Waals surface area contributed by atoms with Crippen molar-refractivity contribution in [2.75, 3.05) is 13.1 Å². The second-order valence-electron chi connectivity index (χ2n) is 7.85. The van der Waals surface area contributed by atoms with Gasteiger partial charge >= 0.3 is 0 Å². The average Bonchev–Trinajstić information content (AvgIpc) is 3.39. The van der Waals surface area contributed by atoms with Gasteiger partial charge in [-0.3, -0.25) is 9.59 Å². The van der Waals surface area contributed by atoms with E-state index >= 15 is 0 Å². The van der Waals surface area contributed by atoms with E-state index < -0.39 is 0 Å². The van der Waals surface area contributed by atoms with E-state index in [0.717, 1.165) is 35.2 Å². The molecule has 4 heterocycles. The minimum atomic E-state index is -0.184. The number of nitrogens with zero attached hydrogens (tertiary/aromatic N) is 6. The molecule has 0 bridgehead atoms. The van der Waals surface area contributed by atoms with Gasteiger partial charge in [0.15, 0.2) is 11.3 Å². The number of carbonyl (C=O) groups is 2. The van der Waals surface area contributed by atoms with Crippen LogP contribution in [0.1, 0.15) is 52.4 Å². The number of rotatable bonds is 8. The van der Waals surface area contributed by atoms with Crippen LogP contribution >= 0.6 is 0 Å². The molecule has 0 unspecified atom stereocenters. The van der Waals surface area contributed by atoms with E-state index in [4.69, 9.17) is 0 Å². The Morgan fingerprint density at radius 3 is 1.61 bits per heavy atom. The first-order valence-electron chi connectivity index (χ1n) is 11.2. The zero-order chi connectivity index (χ0) is 23.5. The van der Waals surface area contributed by atoms with Crippen LogP contribution in [0.5, 0.6) is 0 Å². The Bertz CT molecular complexity index is 1240. The molecular weight excluding hydrogens is 420 g/mol. The van der Waals surface area contributed by atoms with Gasteiger partial charge in [0.05, 0.1) is 34.9 Å². The van der Waals surface area contributed by atoms with Crippen LogP contribution in [0.4, 0.5) is 0 Å². The van der Waals surface area contributed by atoms with Gasteiger partial charge in [-0.1, -0.05) is 0 Å². The van der Waals surface area contributed by atoms with E-state index in [9.17, 15) is 9.59 Å². The molecule has 0 saturated carbocycles. The standard InChI is InChI=1S/C23H28N8O2/c1-5-30-20-16(12-26-30)10-18(14(3)28-20)22(32)24-8-7-9-25-23(33)19-11-17-13-27-31(6-2)21(17)29-15(19)4/h10-13H,5-9H2,1-4H3,(H,24,32)(H,25,33). The largest absolute Gasteiger partial charge is 0.352 e. The lowest BCUT2D eigenvalue weighted by molar-refractivity contribution is 0.0951. The summed E-state index contributed by atoms with van der Waals surface area (Å²) < 4.78 is 3.61. The molecule has 2 amide bonds. The van der Waals surface area contributed by atoms with E-state index in [1.807, 2.05) is 39.8 Å². The lowest BCUT2D eigenvalue weighted by atomic mass is 10.1. The van der Waals surface area contributed by atoms with Crippen LogP contribution in [0.3, 0.4) is 0 Å². The van der Waals surface area contributed by atoms with Crippen molar-refractivity contribution in [1.29, 1.82) is 0 Å². The topological polar surface area (TPSA) is 120 Å². The van der Waals surface area contributed by atoms with Crippen molar-refractivity contribution in [3.63, 3.8) is 0 Å². The summed E-state index contributed by atoms with van der Waals surface area (Å²) in [5.74, 6) is -0.369. The predicted octanol–water partition coefficient (Wildman–Crippen LogP) is 2.38. The van der Waals surface area contributed by atoms with E-state index in [2.05, 4.69) is 30.8 Å². The van der Waals surface area contributed by atoms with Gasteiger partial charge in [-0.2, -0.15) is 10.2 Å². The van der Waals surface area contributed by atoms with Crippen molar-refractivity contribution < 1.29 is 9.59 Å². The Morgan fingerprint density at radius 2 is 1.21 bits per heavy atom. The molecule has 33 heavy (non-hydrogen) atoms. The zero-order valence-electron chi connectivity index (χ0n) is 19.3. The third-order valence-electron chi connectivity index (χ3n) is 5.62. The summed E-state index contributed by atoms with van der Waals surface area (Å²) in [6.07, 6.45) is 4.04. The highest BCUT2D eigenvalue weighted by molar-refractivity contribution is 5.99. The number of carbonyl (C=O) groups excluding carboxylic acids is 2. The van der Waals surface area contributed by atoms with Crippen molar-refractivity contribution in [3.8, 4) is 0 Å². The molecule has 0 aliphatic heterocycles. The summed E-state index contributed by atoms with van der Waals surface area (Å²) in [7, 11) is 0. The summed E-state index contributed by atoms with van der Waals surface area (Å²) in [4.78, 5) is 34.3. The third kappa shape index (κ3) is 4.41. The Balaban J connectivity index is 1.30. The molecule has 0 aliphatic rings. The van der Waals surface area contributed by atoms with E-state index in [0.29, 0.717) is 42.0 Å². The van der Waals surface area contributed by atoms with Crippen LogP contribution in [0, 0.1) is 13.8 Å². The molecule has 4 rings (SSSR count). The fraction of sp³-hybridized carbons (Fsp3) is 0.391. The molecule has 172 valence electrons. The van der Waals surface area contributed by atoms with Crippen molar-refractivity contribution in [3.05, 3.63) is 47.0 Å². The zero-order valence-corrected chi connectivity index (χ0v) is 19.3. The minimum absolute atomic E-state index is 0.184. The monoisotopic (exact) mass is 448 g/mol. The molecule has 10 heteroatoms. The van der Waals surface area contributed by atoms with Crippen LogP contribution in [-0.2, 0) is 13.1 Å². The Labute approximate surface area is 191 Å². The van der Waals surface area contributed by atoms with Crippen LogP contribution in [0.25, 0.3) is 22.1 Å². The van der Waals surface area contributed by atoms with Gasteiger partial charge in [0.2, 0.25) is 0 Å². The fourth-order valence-electron chi connectivity index (χ4n) is 3.80. The molecule has 0 aromatic carbocycles. The number of aryl methyl sites for hydroxylation is 4. The first-order valence-corrected chi connectivity index (χ1v) is 11.2. The van der Waals surface area contributed by atoms with Gasteiger partial charge in [0.1, 0.15) is 0 Å². The average molecular weight is 449 g/mol. The molecule has 2 N–H and O–H groups in total. The highest BCUT2D eigenvalue weighted by Gasteiger charge is 2.15. The number of nitrogens with one attached hydrogen (secondary N) is 2. The highest BCUT2D eigenvalue weighted by atomic mass is 16.2. The summed E-state index contributed by atoms with van der Waals surface area (Å²) in [6.45, 7) is 9.95. The quantitative estimate of drug-likeness (QED) is 0.400. The molecule has 0 radical (unpaired) electrons. The maximum atomic E-state index is 12.6. The normalized spacial score (nSPS) is 11.3. The van der Waals surface area contributed by atoms with Crippen molar-refractivity contribution in [2.24, 2.45) is 0 Å². The molecule has 4 aromatic rings. The lowest BCUT2D eigenvalue weighted by Crippen LogP contribution is -2.30. The SMILES string of the molecule is CCn1ncc2cc(C(=O)NCCCNC(=O)c3cc4cnn(CC)c4nc3C)c(C)nc21. The van der Waals surface area contributed by atoms with Crippen LogP contribution < -0.4 is 10.6 Å². The number of aromatic nitrogens is 6. The molecule has 0 saturated heterocycles. The van der Waals surface area contributed by atoms with E-state index in [1.165, 1.54) is 0 Å². The number of hydrogen-bond acceptors (Lipinski definition) is 6. The maximum Gasteiger partial charge on any atom is 0.253 e. The van der Waals surface area contributed by atoms with Gasteiger partial charge in [-0.25, -0.2) is 19.3 Å². The second-order valence-corrected chi connectivity index (χ2v) is 7.85. The van der Waals surface area contributed by atoms with Crippen LogP contribution in [0.15, 0.2) is 24.5 Å². The van der Waals surface area contributed by atoms with Crippen LogP contribution in [-0.4, -0.2) is 54.4 Å². The van der Waals surface area contributed by atoms with Gasteiger partial charge in [0.25, 0.3) is 11.8 Å². The molecule has 0 fully saturated rings. The molecular formula is C23H28N8O2. The predicted molar refractivity (Wildman–Crippen MR) is 125 cm³/mol. The second kappa shape index (κ2) is 9.35. The van der Waals surface area contributed by atoms with Gasteiger partial charge in [-0.05, 0) is 46.2 Å². The Kier molecular flexibility index (Phi) is 6.34. The Morgan fingerprint density at radius 1 is 0.788 bits per heavy atom. The molecule has 10 nitrogen and oxygen atoms in total. The first-order chi connectivity index (χ1) is 15.9. The number of hydrogen-bond donors (Lipinski definition) is 2.